The van der Waals surface area contributed by atoms with Gasteiger partial charge in [0, 0.05) is 12.5 Å². The monoisotopic (exact) mass is 297 g/mol. The van der Waals surface area contributed by atoms with Crippen molar-refractivity contribution < 1.29 is 18.0 Å². The van der Waals surface area contributed by atoms with Crippen LogP contribution in [-0.2, 0) is 17.4 Å². The van der Waals surface area contributed by atoms with Crippen LogP contribution in [0.2, 0.25) is 0 Å². The molecule has 5 heteroatoms. The minimum atomic E-state index is -4.30. The summed E-state index contributed by atoms with van der Waals surface area (Å²) < 4.78 is 37.3. The van der Waals surface area contributed by atoms with E-state index in [-0.39, 0.29) is 11.8 Å². The Morgan fingerprint density at radius 2 is 1.90 bits per heavy atom. The van der Waals surface area contributed by atoms with Gasteiger partial charge >= 0.3 is 6.18 Å². The van der Waals surface area contributed by atoms with Crippen LogP contribution in [0.5, 0.6) is 0 Å². The first-order valence-corrected chi connectivity index (χ1v) is 7.05. The van der Waals surface area contributed by atoms with E-state index in [9.17, 15) is 18.0 Å². The van der Waals surface area contributed by atoms with Crippen LogP contribution in [-0.4, -0.2) is 12.5 Å². The van der Waals surface area contributed by atoms with Crippen LogP contribution in [0.25, 0.3) is 0 Å². The van der Waals surface area contributed by atoms with Gasteiger partial charge in [-0.05, 0) is 43.4 Å². The Kier molecular flexibility index (Phi) is 5.04. The quantitative estimate of drug-likeness (QED) is 0.843. The van der Waals surface area contributed by atoms with Crippen LogP contribution < -0.4 is 5.32 Å². The van der Waals surface area contributed by atoms with E-state index < -0.39 is 11.7 Å². The second kappa shape index (κ2) is 6.78. The molecular weight excluding hydrogens is 279 g/mol. The van der Waals surface area contributed by atoms with Crippen LogP contribution in [0, 0.1) is 5.92 Å². The van der Waals surface area contributed by atoms with Crippen molar-refractivity contribution in [2.45, 2.75) is 31.9 Å². The number of benzene rings is 1. The van der Waals surface area contributed by atoms with Gasteiger partial charge in [-0.15, -0.1) is 0 Å². The van der Waals surface area contributed by atoms with Crippen LogP contribution in [0.1, 0.15) is 30.4 Å². The molecule has 0 heterocycles. The minimum Gasteiger partial charge on any atom is -0.356 e. The van der Waals surface area contributed by atoms with E-state index in [0.717, 1.165) is 37.0 Å². The zero-order chi connectivity index (χ0) is 15.3. The van der Waals surface area contributed by atoms with Gasteiger partial charge in [0.2, 0.25) is 5.91 Å². The number of hydrogen-bond donors (Lipinski definition) is 1. The first-order valence-electron chi connectivity index (χ1n) is 7.05. The number of carbonyl (C=O) groups excluding carboxylic acids is 1. The van der Waals surface area contributed by atoms with Gasteiger partial charge in [-0.1, -0.05) is 24.3 Å². The zero-order valence-electron chi connectivity index (χ0n) is 11.6. The third kappa shape index (κ3) is 4.62. The first-order chi connectivity index (χ1) is 9.97. The molecule has 1 unspecified atom stereocenters. The molecule has 2 nitrogen and oxygen atoms in total. The second-order valence-corrected chi connectivity index (χ2v) is 5.22. The summed E-state index contributed by atoms with van der Waals surface area (Å²) in [6.07, 6.45) is 2.88. The van der Waals surface area contributed by atoms with Crippen molar-refractivity contribution in [2.24, 2.45) is 5.92 Å². The lowest BCUT2D eigenvalue weighted by Gasteiger charge is -2.17. The molecule has 1 aliphatic carbocycles. The summed E-state index contributed by atoms with van der Waals surface area (Å²) in [5, 5.41) is 2.85. The molecule has 1 aromatic rings. The molecule has 1 aromatic carbocycles. The fourth-order valence-electron chi connectivity index (χ4n) is 2.37. The van der Waals surface area contributed by atoms with E-state index in [4.69, 9.17) is 0 Å². The molecule has 0 radical (unpaired) electrons. The van der Waals surface area contributed by atoms with Gasteiger partial charge in [-0.2, -0.15) is 13.2 Å². The van der Waals surface area contributed by atoms with Crippen LogP contribution in [0.3, 0.4) is 0 Å². The lowest BCUT2D eigenvalue weighted by Crippen LogP contribution is -2.32. The standard InChI is InChI=1S/C16H18F3NO/c17-16(18,19)14-8-6-12(7-9-14)10-11-20-15(21)13-4-2-1-3-5-13/h1-2,6-9,13H,3-5,10-11H2,(H,20,21). The Balaban J connectivity index is 1.78. The Hall–Kier alpha value is -1.78. The molecule has 1 aliphatic rings. The number of nitrogens with one attached hydrogen (secondary N) is 1. The Morgan fingerprint density at radius 3 is 2.48 bits per heavy atom. The maximum Gasteiger partial charge on any atom is 0.416 e. The van der Waals surface area contributed by atoms with Crippen LogP contribution in [0.15, 0.2) is 36.4 Å². The third-order valence-corrected chi connectivity index (χ3v) is 3.63. The summed E-state index contributed by atoms with van der Waals surface area (Å²) in [5.74, 6) is 0.0638. The lowest BCUT2D eigenvalue weighted by molar-refractivity contribution is -0.137. The highest BCUT2D eigenvalue weighted by atomic mass is 19.4. The minimum absolute atomic E-state index is 0.0302. The van der Waals surface area contributed by atoms with Crippen LogP contribution in [0.4, 0.5) is 13.2 Å². The number of halogens is 3. The molecule has 0 spiro atoms. The molecule has 0 saturated carbocycles. The van der Waals surface area contributed by atoms with Crippen molar-refractivity contribution >= 4 is 5.91 Å². The fraction of sp³-hybridized carbons (Fsp3) is 0.438. The maximum absolute atomic E-state index is 12.4. The van der Waals surface area contributed by atoms with Gasteiger partial charge in [0.1, 0.15) is 0 Å². The maximum atomic E-state index is 12.4. The first kappa shape index (κ1) is 15.6. The lowest BCUT2D eigenvalue weighted by atomic mass is 9.93. The number of hydrogen-bond acceptors (Lipinski definition) is 1. The SMILES string of the molecule is O=C(NCCc1ccc(C(F)(F)F)cc1)C1CC=CCC1. The number of alkyl halides is 3. The molecule has 114 valence electrons. The number of rotatable bonds is 4. The average molecular weight is 297 g/mol. The van der Waals surface area contributed by atoms with Gasteiger partial charge in [0.05, 0.1) is 5.56 Å². The summed E-state index contributed by atoms with van der Waals surface area (Å²) in [6, 6.07) is 5.06. The molecular formula is C16H18F3NO. The molecule has 1 atom stereocenters. The van der Waals surface area contributed by atoms with Gasteiger partial charge in [-0.3, -0.25) is 4.79 Å². The largest absolute Gasteiger partial charge is 0.416 e. The Morgan fingerprint density at radius 1 is 1.19 bits per heavy atom. The molecule has 0 bridgehead atoms. The molecule has 0 aromatic heterocycles. The van der Waals surface area contributed by atoms with Crippen molar-refractivity contribution in [3.05, 3.63) is 47.5 Å². The summed E-state index contributed by atoms with van der Waals surface area (Å²) in [6.45, 7) is 0.449. The number of amides is 1. The van der Waals surface area contributed by atoms with Gasteiger partial charge < -0.3 is 5.32 Å². The second-order valence-electron chi connectivity index (χ2n) is 5.22. The highest BCUT2D eigenvalue weighted by Gasteiger charge is 2.29. The number of carbonyl (C=O) groups is 1. The summed E-state index contributed by atoms with van der Waals surface area (Å²) in [7, 11) is 0. The molecule has 21 heavy (non-hydrogen) atoms. The van der Waals surface area contributed by atoms with Gasteiger partial charge in [0.15, 0.2) is 0 Å². The van der Waals surface area contributed by atoms with Crippen molar-refractivity contribution in [3.63, 3.8) is 0 Å². The van der Waals surface area contributed by atoms with E-state index in [0.29, 0.717) is 13.0 Å². The van der Waals surface area contributed by atoms with Crippen LogP contribution >= 0.6 is 0 Å². The number of allylic oxidation sites excluding steroid dienone is 2. The Bertz CT molecular complexity index is 505. The topological polar surface area (TPSA) is 29.1 Å². The predicted octanol–water partition coefficient (Wildman–Crippen LogP) is 3.72. The average Bonchev–Trinajstić information content (AvgIpc) is 2.47. The fourth-order valence-corrected chi connectivity index (χ4v) is 2.37. The highest BCUT2D eigenvalue weighted by Crippen LogP contribution is 2.29. The van der Waals surface area contributed by atoms with Crippen molar-refractivity contribution in [2.75, 3.05) is 6.54 Å². The van der Waals surface area contributed by atoms with E-state index in [1.54, 1.807) is 0 Å². The van der Waals surface area contributed by atoms with Crippen molar-refractivity contribution in [3.8, 4) is 0 Å². The molecule has 1 amide bonds. The summed E-state index contributed by atoms with van der Waals surface area (Å²) >= 11 is 0. The van der Waals surface area contributed by atoms with Crippen molar-refractivity contribution in [1.82, 2.24) is 5.32 Å². The summed E-state index contributed by atoms with van der Waals surface area (Å²) in [4.78, 5) is 11.9. The normalized spacial score (nSPS) is 18.5. The molecule has 0 saturated heterocycles. The molecule has 1 N–H and O–H groups in total. The molecule has 2 rings (SSSR count). The van der Waals surface area contributed by atoms with E-state index in [2.05, 4.69) is 11.4 Å². The predicted molar refractivity (Wildman–Crippen MR) is 74.6 cm³/mol. The van der Waals surface area contributed by atoms with Gasteiger partial charge in [0.25, 0.3) is 0 Å². The van der Waals surface area contributed by atoms with E-state index in [1.807, 2.05) is 6.08 Å². The van der Waals surface area contributed by atoms with E-state index >= 15 is 0 Å². The zero-order valence-corrected chi connectivity index (χ0v) is 11.6. The van der Waals surface area contributed by atoms with Gasteiger partial charge in [-0.25, -0.2) is 0 Å². The smallest absolute Gasteiger partial charge is 0.356 e. The summed E-state index contributed by atoms with van der Waals surface area (Å²) in [5.41, 5.74) is 0.135. The Labute approximate surface area is 122 Å². The van der Waals surface area contributed by atoms with E-state index in [1.165, 1.54) is 12.1 Å². The van der Waals surface area contributed by atoms with Crippen molar-refractivity contribution in [1.29, 1.82) is 0 Å². The third-order valence-electron chi connectivity index (χ3n) is 3.63. The molecule has 0 aliphatic heterocycles. The highest BCUT2D eigenvalue weighted by molar-refractivity contribution is 5.78. The molecule has 0 fully saturated rings.